The quantitative estimate of drug-likeness (QED) is 0.926. The third kappa shape index (κ3) is 4.40. The molecule has 0 atom stereocenters. The number of nitrogens with one attached hydrogen (secondary N) is 1. The summed E-state index contributed by atoms with van der Waals surface area (Å²) in [6.07, 6.45) is -4.61. The molecule has 0 bridgehead atoms. The minimum absolute atomic E-state index is 0.211. The van der Waals surface area contributed by atoms with E-state index in [9.17, 15) is 18.0 Å². The summed E-state index contributed by atoms with van der Waals surface area (Å²) >= 11 is 5.70. The van der Waals surface area contributed by atoms with E-state index in [1.165, 1.54) is 12.1 Å². The molecule has 0 aliphatic rings. The first-order valence-electron chi connectivity index (χ1n) is 5.52. The molecule has 1 N–H and O–H groups in total. The molecule has 0 saturated carbocycles. The molecule has 1 aromatic carbocycles. The van der Waals surface area contributed by atoms with Crippen LogP contribution in [0.15, 0.2) is 18.2 Å². The molecule has 106 valence electrons. The number of hydrogen-bond donors (Lipinski definition) is 1. The van der Waals surface area contributed by atoms with Crippen LogP contribution in [-0.2, 0) is 6.18 Å². The highest BCUT2D eigenvalue weighted by Gasteiger charge is 2.36. The Hall–Kier alpha value is -1.27. The summed E-state index contributed by atoms with van der Waals surface area (Å²) < 4.78 is 38.4. The molecule has 0 saturated heterocycles. The van der Waals surface area contributed by atoms with E-state index in [2.05, 4.69) is 5.32 Å². The van der Waals surface area contributed by atoms with E-state index >= 15 is 0 Å². The molecule has 0 spiro atoms. The number of alkyl halides is 3. The maximum atomic E-state index is 12.8. The van der Waals surface area contributed by atoms with Gasteiger partial charge in [0, 0.05) is 13.1 Å². The van der Waals surface area contributed by atoms with Gasteiger partial charge in [-0.1, -0.05) is 17.7 Å². The van der Waals surface area contributed by atoms with Gasteiger partial charge in [0.25, 0.3) is 5.91 Å². The largest absolute Gasteiger partial charge is 0.417 e. The van der Waals surface area contributed by atoms with Gasteiger partial charge in [-0.2, -0.15) is 13.2 Å². The Balaban J connectivity index is 2.96. The molecule has 1 aromatic rings. The van der Waals surface area contributed by atoms with Gasteiger partial charge in [-0.15, -0.1) is 0 Å². The van der Waals surface area contributed by atoms with Crippen molar-refractivity contribution in [2.75, 3.05) is 27.2 Å². The van der Waals surface area contributed by atoms with Crippen LogP contribution in [0.2, 0.25) is 5.02 Å². The molecule has 1 amide bonds. The van der Waals surface area contributed by atoms with Crippen molar-refractivity contribution in [1.82, 2.24) is 10.2 Å². The van der Waals surface area contributed by atoms with Gasteiger partial charge in [0.15, 0.2) is 0 Å². The molecule has 0 aromatic heterocycles. The van der Waals surface area contributed by atoms with E-state index in [0.717, 1.165) is 6.07 Å². The van der Waals surface area contributed by atoms with E-state index in [4.69, 9.17) is 11.6 Å². The van der Waals surface area contributed by atoms with Crippen LogP contribution in [0.3, 0.4) is 0 Å². The summed E-state index contributed by atoms with van der Waals surface area (Å²) in [5.41, 5.74) is -1.56. The van der Waals surface area contributed by atoms with Gasteiger partial charge in [0.05, 0.1) is 16.1 Å². The Morgan fingerprint density at radius 1 is 1.37 bits per heavy atom. The standard InChI is InChI=1S/C12H14ClF3N2O/c1-18(2)7-6-17-11(19)10-8(12(14,15)16)4-3-5-9(10)13/h3-5H,6-7H2,1-2H3,(H,17,19). The fourth-order valence-electron chi connectivity index (χ4n) is 1.47. The Morgan fingerprint density at radius 2 is 2.00 bits per heavy atom. The summed E-state index contributed by atoms with van der Waals surface area (Å²) in [5.74, 6) is -0.820. The van der Waals surface area contributed by atoms with Crippen LogP contribution < -0.4 is 5.32 Å². The third-order valence-corrected chi connectivity index (χ3v) is 2.71. The molecular formula is C12H14ClF3N2O. The van der Waals surface area contributed by atoms with Crippen LogP contribution in [-0.4, -0.2) is 38.0 Å². The number of amides is 1. The molecule has 0 aliphatic heterocycles. The predicted molar refractivity (Wildman–Crippen MR) is 67.3 cm³/mol. The molecule has 0 heterocycles. The van der Waals surface area contributed by atoms with Gasteiger partial charge in [0.1, 0.15) is 0 Å². The summed E-state index contributed by atoms with van der Waals surface area (Å²) in [4.78, 5) is 13.6. The first kappa shape index (κ1) is 15.8. The second-order valence-corrected chi connectivity index (χ2v) is 4.63. The third-order valence-electron chi connectivity index (χ3n) is 2.39. The first-order chi connectivity index (χ1) is 8.73. The monoisotopic (exact) mass is 294 g/mol. The van der Waals surface area contributed by atoms with Crippen LogP contribution >= 0.6 is 11.6 Å². The van der Waals surface area contributed by atoms with Gasteiger partial charge >= 0.3 is 6.18 Å². The number of hydrogen-bond acceptors (Lipinski definition) is 2. The summed E-state index contributed by atoms with van der Waals surface area (Å²) in [6.45, 7) is 0.770. The zero-order chi connectivity index (χ0) is 14.6. The lowest BCUT2D eigenvalue weighted by molar-refractivity contribution is -0.137. The summed E-state index contributed by atoms with van der Waals surface area (Å²) in [7, 11) is 3.59. The molecule has 19 heavy (non-hydrogen) atoms. The fourth-order valence-corrected chi connectivity index (χ4v) is 1.73. The van der Waals surface area contributed by atoms with Crippen molar-refractivity contribution in [2.24, 2.45) is 0 Å². The van der Waals surface area contributed by atoms with Crippen molar-refractivity contribution in [1.29, 1.82) is 0 Å². The van der Waals surface area contributed by atoms with Crippen LogP contribution in [0.25, 0.3) is 0 Å². The van der Waals surface area contributed by atoms with Crippen molar-refractivity contribution in [3.63, 3.8) is 0 Å². The molecule has 0 unspecified atom stereocenters. The minimum Gasteiger partial charge on any atom is -0.351 e. The maximum absolute atomic E-state index is 12.8. The first-order valence-corrected chi connectivity index (χ1v) is 5.90. The minimum atomic E-state index is -4.61. The van der Waals surface area contributed by atoms with E-state index in [1.807, 2.05) is 0 Å². The number of carbonyl (C=O) groups excluding carboxylic acids is 1. The highest BCUT2D eigenvalue weighted by Crippen LogP contribution is 2.34. The Kier molecular flexibility index (Phi) is 5.20. The molecule has 0 fully saturated rings. The van der Waals surface area contributed by atoms with E-state index in [-0.39, 0.29) is 11.6 Å². The van der Waals surface area contributed by atoms with Gasteiger partial charge in [-0.05, 0) is 26.2 Å². The lowest BCUT2D eigenvalue weighted by Crippen LogP contribution is -2.32. The molecular weight excluding hydrogens is 281 g/mol. The van der Waals surface area contributed by atoms with E-state index in [1.54, 1.807) is 19.0 Å². The highest BCUT2D eigenvalue weighted by atomic mass is 35.5. The van der Waals surface area contributed by atoms with Crippen LogP contribution in [0, 0.1) is 0 Å². The Labute approximate surface area is 114 Å². The summed E-state index contributed by atoms with van der Waals surface area (Å²) in [6, 6.07) is 3.27. The van der Waals surface area contributed by atoms with Gasteiger partial charge in [-0.25, -0.2) is 0 Å². The van der Waals surface area contributed by atoms with Crippen molar-refractivity contribution in [3.05, 3.63) is 34.3 Å². The maximum Gasteiger partial charge on any atom is 0.417 e. The Morgan fingerprint density at radius 3 is 2.53 bits per heavy atom. The number of rotatable bonds is 4. The molecule has 0 radical (unpaired) electrons. The second-order valence-electron chi connectivity index (χ2n) is 4.22. The van der Waals surface area contributed by atoms with Crippen molar-refractivity contribution in [2.45, 2.75) is 6.18 Å². The van der Waals surface area contributed by atoms with Crippen LogP contribution in [0.1, 0.15) is 15.9 Å². The van der Waals surface area contributed by atoms with Crippen LogP contribution in [0.5, 0.6) is 0 Å². The van der Waals surface area contributed by atoms with Crippen LogP contribution in [0.4, 0.5) is 13.2 Å². The van der Waals surface area contributed by atoms with Gasteiger partial charge in [0.2, 0.25) is 0 Å². The zero-order valence-electron chi connectivity index (χ0n) is 10.5. The van der Waals surface area contributed by atoms with Crippen molar-refractivity contribution < 1.29 is 18.0 Å². The highest BCUT2D eigenvalue weighted by molar-refractivity contribution is 6.34. The topological polar surface area (TPSA) is 32.3 Å². The molecule has 1 rings (SSSR count). The number of nitrogens with zero attached hydrogens (tertiary/aromatic N) is 1. The smallest absolute Gasteiger partial charge is 0.351 e. The number of likely N-dealkylation sites (N-methyl/N-ethyl adjacent to an activating group) is 1. The van der Waals surface area contributed by atoms with Gasteiger partial charge in [-0.3, -0.25) is 4.79 Å². The molecule has 3 nitrogen and oxygen atoms in total. The van der Waals surface area contributed by atoms with Gasteiger partial charge < -0.3 is 10.2 Å². The SMILES string of the molecule is CN(C)CCNC(=O)c1c(Cl)cccc1C(F)(F)F. The second kappa shape index (κ2) is 6.25. The van der Waals surface area contributed by atoms with E-state index < -0.39 is 23.2 Å². The number of carbonyl (C=O) groups is 1. The fraction of sp³-hybridized carbons (Fsp3) is 0.417. The summed E-state index contributed by atoms with van der Waals surface area (Å²) in [5, 5.41) is 2.21. The van der Waals surface area contributed by atoms with E-state index in [0.29, 0.717) is 6.54 Å². The lowest BCUT2D eigenvalue weighted by atomic mass is 10.1. The predicted octanol–water partition coefficient (Wildman–Crippen LogP) is 2.65. The molecule has 7 heteroatoms. The average Bonchev–Trinajstić information content (AvgIpc) is 2.26. The number of halogens is 4. The van der Waals surface area contributed by atoms with Crippen molar-refractivity contribution in [3.8, 4) is 0 Å². The lowest BCUT2D eigenvalue weighted by Gasteiger charge is -2.15. The van der Waals surface area contributed by atoms with Crippen molar-refractivity contribution >= 4 is 17.5 Å². The average molecular weight is 295 g/mol. The normalized spacial score (nSPS) is 11.7. The molecule has 0 aliphatic carbocycles. The zero-order valence-corrected chi connectivity index (χ0v) is 11.3. The number of benzene rings is 1. The Bertz CT molecular complexity index is 461.